The van der Waals surface area contributed by atoms with Crippen molar-refractivity contribution >= 4 is 0 Å². The van der Waals surface area contributed by atoms with Gasteiger partial charge in [-0.15, -0.1) is 0 Å². The normalized spacial score (nSPS) is 21.7. The fourth-order valence-electron chi connectivity index (χ4n) is 1.41. The highest BCUT2D eigenvalue weighted by atomic mass is 13.9. The molecule has 0 aromatic heterocycles. The number of allylic oxidation sites excluding steroid dienone is 8. The van der Waals surface area contributed by atoms with Gasteiger partial charge in [0.05, 0.1) is 0 Å². The summed E-state index contributed by atoms with van der Waals surface area (Å²) in [5.74, 6) is 0. The first-order valence-electron chi connectivity index (χ1n) is 5.62. The van der Waals surface area contributed by atoms with E-state index in [0.29, 0.717) is 0 Å². The molecule has 0 heterocycles. The lowest BCUT2D eigenvalue weighted by molar-refractivity contribution is 0.860. The van der Waals surface area contributed by atoms with Crippen molar-refractivity contribution in [1.82, 2.24) is 0 Å². The van der Waals surface area contributed by atoms with Gasteiger partial charge in [0.1, 0.15) is 0 Å². The SMILES string of the molecule is C1=CCCC=CCCCC=CC/C=C/1. The minimum Gasteiger partial charge on any atom is -0.0885 e. The highest BCUT2D eigenvalue weighted by molar-refractivity contribution is 5.05. The van der Waals surface area contributed by atoms with Crippen LogP contribution in [-0.4, -0.2) is 0 Å². The van der Waals surface area contributed by atoms with Crippen LogP contribution in [0, 0.1) is 0 Å². The van der Waals surface area contributed by atoms with E-state index in [4.69, 9.17) is 0 Å². The Bertz CT molecular complexity index is 228. The largest absolute Gasteiger partial charge is 0.0885 e. The van der Waals surface area contributed by atoms with Crippen molar-refractivity contribution in [1.29, 1.82) is 0 Å². The molecule has 0 spiro atoms. The molecule has 1 rings (SSSR count). The molecule has 0 aromatic rings. The third-order valence-corrected chi connectivity index (χ3v) is 2.23. The van der Waals surface area contributed by atoms with Crippen LogP contribution < -0.4 is 0 Å². The van der Waals surface area contributed by atoms with Crippen LogP contribution in [0.4, 0.5) is 0 Å². The maximum atomic E-state index is 2.31. The third-order valence-electron chi connectivity index (χ3n) is 2.23. The van der Waals surface area contributed by atoms with Crippen LogP contribution in [-0.2, 0) is 0 Å². The van der Waals surface area contributed by atoms with E-state index in [9.17, 15) is 0 Å². The minimum atomic E-state index is 1.07. The van der Waals surface area contributed by atoms with E-state index in [1.165, 1.54) is 25.7 Å². The minimum absolute atomic E-state index is 1.07. The third kappa shape index (κ3) is 6.47. The van der Waals surface area contributed by atoms with Gasteiger partial charge in [0, 0.05) is 0 Å². The maximum Gasteiger partial charge on any atom is -0.0166 e. The van der Waals surface area contributed by atoms with E-state index >= 15 is 0 Å². The molecule has 0 fully saturated rings. The lowest BCUT2D eigenvalue weighted by atomic mass is 10.2. The van der Waals surface area contributed by atoms with E-state index in [1.807, 2.05) is 0 Å². The standard InChI is InChI=1S/C14H20/c1-2-4-6-8-10-12-14-13-11-9-7-5-3-1/h1-4,7,9-10,12H,5-6,8,11,13-14H2/b3-1+,4-2?,9-7?,12-10?. The molecule has 14 heavy (non-hydrogen) atoms. The summed E-state index contributed by atoms with van der Waals surface area (Å²) in [6.07, 6.45) is 25.0. The zero-order valence-corrected chi connectivity index (χ0v) is 8.86. The molecule has 0 unspecified atom stereocenters. The monoisotopic (exact) mass is 188 g/mol. The Labute approximate surface area is 87.7 Å². The van der Waals surface area contributed by atoms with Gasteiger partial charge in [-0.05, 0) is 38.5 Å². The smallest absolute Gasteiger partial charge is 0.0166 e. The van der Waals surface area contributed by atoms with Crippen molar-refractivity contribution in [2.75, 3.05) is 0 Å². The molecule has 1 aliphatic carbocycles. The molecular weight excluding hydrogens is 168 g/mol. The zero-order valence-electron chi connectivity index (χ0n) is 8.86. The average molecular weight is 188 g/mol. The molecular formula is C14H20. The summed E-state index contributed by atoms with van der Waals surface area (Å²) in [5, 5.41) is 0. The van der Waals surface area contributed by atoms with E-state index in [2.05, 4.69) is 48.6 Å². The molecule has 76 valence electrons. The average Bonchev–Trinajstić information content (AvgIpc) is 2.22. The van der Waals surface area contributed by atoms with Gasteiger partial charge in [-0.1, -0.05) is 48.6 Å². The Kier molecular flexibility index (Phi) is 6.74. The summed E-state index contributed by atoms with van der Waals surface area (Å²) in [4.78, 5) is 0. The van der Waals surface area contributed by atoms with Gasteiger partial charge in [-0.3, -0.25) is 0 Å². The van der Waals surface area contributed by atoms with Gasteiger partial charge in [0.15, 0.2) is 0 Å². The van der Waals surface area contributed by atoms with Crippen LogP contribution in [0.25, 0.3) is 0 Å². The van der Waals surface area contributed by atoms with Crippen LogP contribution in [0.2, 0.25) is 0 Å². The highest BCUT2D eigenvalue weighted by Crippen LogP contribution is 2.02. The molecule has 0 amide bonds. The molecule has 0 nitrogen and oxygen atoms in total. The van der Waals surface area contributed by atoms with Crippen molar-refractivity contribution in [2.24, 2.45) is 0 Å². The molecule has 0 atom stereocenters. The number of hydrogen-bond acceptors (Lipinski definition) is 0. The Morgan fingerprint density at radius 3 is 2.07 bits per heavy atom. The van der Waals surface area contributed by atoms with Crippen LogP contribution >= 0.6 is 0 Å². The summed E-state index contributed by atoms with van der Waals surface area (Å²) in [6.45, 7) is 0. The molecule has 0 aromatic carbocycles. The number of hydrogen-bond donors (Lipinski definition) is 0. The lowest BCUT2D eigenvalue weighted by Crippen LogP contribution is -1.71. The van der Waals surface area contributed by atoms with Gasteiger partial charge in [0.2, 0.25) is 0 Å². The topological polar surface area (TPSA) is 0 Å². The van der Waals surface area contributed by atoms with Gasteiger partial charge >= 0.3 is 0 Å². The molecule has 0 N–H and O–H groups in total. The van der Waals surface area contributed by atoms with Gasteiger partial charge < -0.3 is 0 Å². The lowest BCUT2D eigenvalue weighted by Gasteiger charge is -1.91. The molecule has 0 saturated carbocycles. The molecule has 0 heteroatoms. The first-order valence-corrected chi connectivity index (χ1v) is 5.62. The molecule has 0 radical (unpaired) electrons. The first-order chi connectivity index (χ1) is 7.00. The summed E-state index contributed by atoms with van der Waals surface area (Å²) in [7, 11) is 0. The fraction of sp³-hybridized carbons (Fsp3) is 0.429. The van der Waals surface area contributed by atoms with Crippen molar-refractivity contribution in [2.45, 2.75) is 38.5 Å². The van der Waals surface area contributed by atoms with Crippen LogP contribution in [0.15, 0.2) is 48.6 Å². The highest BCUT2D eigenvalue weighted by Gasteiger charge is 1.82. The van der Waals surface area contributed by atoms with E-state index < -0.39 is 0 Å². The predicted octanol–water partition coefficient (Wildman–Crippen LogP) is 4.57. The second-order valence-corrected chi connectivity index (χ2v) is 3.54. The Balaban J connectivity index is 2.35. The van der Waals surface area contributed by atoms with Crippen LogP contribution in [0.1, 0.15) is 38.5 Å². The summed E-state index contributed by atoms with van der Waals surface area (Å²) >= 11 is 0. The van der Waals surface area contributed by atoms with Crippen LogP contribution in [0.5, 0.6) is 0 Å². The maximum absolute atomic E-state index is 2.31. The van der Waals surface area contributed by atoms with E-state index in [1.54, 1.807) is 0 Å². The molecule has 0 bridgehead atoms. The van der Waals surface area contributed by atoms with Gasteiger partial charge in [-0.2, -0.15) is 0 Å². The Morgan fingerprint density at radius 1 is 0.500 bits per heavy atom. The molecule has 0 saturated heterocycles. The van der Waals surface area contributed by atoms with Crippen molar-refractivity contribution < 1.29 is 0 Å². The van der Waals surface area contributed by atoms with Crippen LogP contribution in [0.3, 0.4) is 0 Å². The van der Waals surface area contributed by atoms with Crippen molar-refractivity contribution in [3.05, 3.63) is 48.6 Å². The van der Waals surface area contributed by atoms with E-state index in [-0.39, 0.29) is 0 Å². The Morgan fingerprint density at radius 2 is 1.14 bits per heavy atom. The first kappa shape index (κ1) is 11.0. The number of rotatable bonds is 0. The second-order valence-electron chi connectivity index (χ2n) is 3.54. The summed E-state index contributed by atoms with van der Waals surface area (Å²) < 4.78 is 0. The van der Waals surface area contributed by atoms with Gasteiger partial charge in [0.25, 0.3) is 0 Å². The second kappa shape index (κ2) is 8.55. The zero-order chi connectivity index (χ0) is 9.90. The summed E-state index contributed by atoms with van der Waals surface area (Å²) in [5.41, 5.74) is 0. The van der Waals surface area contributed by atoms with Crippen molar-refractivity contribution in [3.63, 3.8) is 0 Å². The van der Waals surface area contributed by atoms with Gasteiger partial charge in [-0.25, -0.2) is 0 Å². The Hall–Kier alpha value is -1.04. The fourth-order valence-corrected chi connectivity index (χ4v) is 1.41. The quantitative estimate of drug-likeness (QED) is 0.489. The predicted molar refractivity (Wildman–Crippen MR) is 64.3 cm³/mol. The summed E-state index contributed by atoms with van der Waals surface area (Å²) in [6, 6.07) is 0. The van der Waals surface area contributed by atoms with E-state index in [0.717, 1.165) is 12.8 Å². The molecule has 1 aliphatic rings. The van der Waals surface area contributed by atoms with Crippen molar-refractivity contribution in [3.8, 4) is 0 Å². The molecule has 0 aliphatic heterocycles.